The smallest absolute Gasteiger partial charge is 0.243 e. The van der Waals surface area contributed by atoms with E-state index in [2.05, 4.69) is 17.2 Å². The molecule has 0 bridgehead atoms. The molecule has 0 atom stereocenters. The van der Waals surface area contributed by atoms with E-state index < -0.39 is 10.0 Å². The van der Waals surface area contributed by atoms with Crippen molar-refractivity contribution in [3.63, 3.8) is 0 Å². The lowest BCUT2D eigenvalue weighted by molar-refractivity contribution is 0.387. The van der Waals surface area contributed by atoms with Crippen LogP contribution in [0.2, 0.25) is 0 Å². The molecule has 1 aromatic rings. The summed E-state index contributed by atoms with van der Waals surface area (Å²) in [5, 5.41) is 3.12. The van der Waals surface area contributed by atoms with Crippen LogP contribution in [0.15, 0.2) is 23.2 Å². The van der Waals surface area contributed by atoms with Crippen molar-refractivity contribution in [2.45, 2.75) is 43.9 Å². The van der Waals surface area contributed by atoms with Crippen molar-refractivity contribution >= 4 is 15.8 Å². The maximum atomic E-state index is 12.6. The molecule has 1 aliphatic carbocycles. The molecule has 0 spiro atoms. The Kier molecular flexibility index (Phi) is 5.58. The monoisotopic (exact) mass is 311 g/mol. The summed E-state index contributed by atoms with van der Waals surface area (Å²) in [6, 6.07) is 3.19. The molecule has 0 aromatic carbocycles. The zero-order valence-electron chi connectivity index (χ0n) is 12.9. The highest BCUT2D eigenvalue weighted by Gasteiger charge is 2.25. The summed E-state index contributed by atoms with van der Waals surface area (Å²) in [6.45, 7) is 3.46. The molecule has 0 unspecified atom stereocenters. The summed E-state index contributed by atoms with van der Waals surface area (Å²) in [5.74, 6) is 1.12. The van der Waals surface area contributed by atoms with Gasteiger partial charge in [0.15, 0.2) is 0 Å². The number of hydrogen-bond donors (Lipinski definition) is 1. The van der Waals surface area contributed by atoms with E-state index >= 15 is 0 Å². The number of sulfonamides is 1. The highest BCUT2D eigenvalue weighted by Crippen LogP contribution is 2.27. The lowest BCUT2D eigenvalue weighted by atomic mass is 10.1. The van der Waals surface area contributed by atoms with E-state index in [1.54, 1.807) is 25.4 Å². The lowest BCUT2D eigenvalue weighted by Gasteiger charge is -2.21. The number of rotatable bonds is 7. The molecule has 118 valence electrons. The quantitative estimate of drug-likeness (QED) is 0.841. The van der Waals surface area contributed by atoms with Gasteiger partial charge in [0.05, 0.1) is 4.90 Å². The second-order valence-corrected chi connectivity index (χ2v) is 7.78. The van der Waals surface area contributed by atoms with Crippen LogP contribution in [0.4, 0.5) is 5.82 Å². The van der Waals surface area contributed by atoms with Gasteiger partial charge in [-0.25, -0.2) is 17.7 Å². The van der Waals surface area contributed by atoms with Crippen LogP contribution < -0.4 is 5.32 Å². The van der Waals surface area contributed by atoms with Gasteiger partial charge in [0.1, 0.15) is 5.82 Å². The fourth-order valence-electron chi connectivity index (χ4n) is 2.76. The predicted molar refractivity (Wildman–Crippen MR) is 84.8 cm³/mol. The Hall–Kier alpha value is -1.14. The largest absolute Gasteiger partial charge is 0.370 e. The maximum Gasteiger partial charge on any atom is 0.243 e. The van der Waals surface area contributed by atoms with E-state index in [0.29, 0.717) is 23.2 Å². The normalized spacial score (nSPS) is 16.5. The minimum atomic E-state index is -3.42. The van der Waals surface area contributed by atoms with Crippen LogP contribution in [0.5, 0.6) is 0 Å². The van der Waals surface area contributed by atoms with Crippen LogP contribution in [0.3, 0.4) is 0 Å². The predicted octanol–water partition coefficient (Wildman–Crippen LogP) is 2.71. The van der Waals surface area contributed by atoms with E-state index in [9.17, 15) is 8.42 Å². The van der Waals surface area contributed by atoms with Gasteiger partial charge in [-0.3, -0.25) is 0 Å². The Morgan fingerprint density at radius 3 is 2.76 bits per heavy atom. The molecule has 0 amide bonds. The molecule has 1 aliphatic rings. The SMILES string of the molecule is CCCNc1cc(S(=O)(=O)N(C)CC2CCCC2)ccn1. The van der Waals surface area contributed by atoms with Crippen molar-refractivity contribution < 1.29 is 8.42 Å². The Bertz CT molecular complexity index is 554. The molecule has 5 nitrogen and oxygen atoms in total. The minimum absolute atomic E-state index is 0.316. The number of nitrogens with zero attached hydrogens (tertiary/aromatic N) is 2. The molecule has 1 fully saturated rings. The molecular weight excluding hydrogens is 286 g/mol. The minimum Gasteiger partial charge on any atom is -0.370 e. The number of aromatic nitrogens is 1. The van der Waals surface area contributed by atoms with Crippen molar-refractivity contribution in [1.82, 2.24) is 9.29 Å². The second kappa shape index (κ2) is 7.22. The highest BCUT2D eigenvalue weighted by molar-refractivity contribution is 7.89. The van der Waals surface area contributed by atoms with Gasteiger partial charge in [-0.15, -0.1) is 0 Å². The molecule has 1 N–H and O–H groups in total. The van der Waals surface area contributed by atoms with E-state index in [1.807, 2.05) is 0 Å². The van der Waals surface area contributed by atoms with E-state index in [1.165, 1.54) is 17.1 Å². The molecule has 1 heterocycles. The topological polar surface area (TPSA) is 62.3 Å². The second-order valence-electron chi connectivity index (χ2n) is 5.74. The number of anilines is 1. The molecule has 1 aromatic heterocycles. The van der Waals surface area contributed by atoms with Gasteiger partial charge in [-0.2, -0.15) is 0 Å². The molecule has 0 saturated heterocycles. The van der Waals surface area contributed by atoms with Crippen molar-refractivity contribution in [3.8, 4) is 0 Å². The third kappa shape index (κ3) is 4.17. The average Bonchev–Trinajstić information content (AvgIpc) is 2.98. The molecule has 1 saturated carbocycles. The van der Waals surface area contributed by atoms with Gasteiger partial charge in [-0.1, -0.05) is 19.8 Å². The van der Waals surface area contributed by atoms with Gasteiger partial charge in [0.25, 0.3) is 0 Å². The molecule has 2 rings (SSSR count). The van der Waals surface area contributed by atoms with Crippen LogP contribution in [0.25, 0.3) is 0 Å². The van der Waals surface area contributed by atoms with Crippen LogP contribution >= 0.6 is 0 Å². The molecule has 0 radical (unpaired) electrons. The zero-order valence-corrected chi connectivity index (χ0v) is 13.7. The third-order valence-electron chi connectivity index (χ3n) is 3.99. The average molecular weight is 311 g/mol. The van der Waals surface area contributed by atoms with Crippen molar-refractivity contribution in [1.29, 1.82) is 0 Å². The molecule has 6 heteroatoms. The van der Waals surface area contributed by atoms with Gasteiger partial charge < -0.3 is 5.32 Å². The van der Waals surface area contributed by atoms with Gasteiger partial charge in [0, 0.05) is 32.4 Å². The van der Waals surface area contributed by atoms with Gasteiger partial charge in [-0.05, 0) is 31.2 Å². The standard InChI is InChI=1S/C15H25N3O2S/c1-3-9-16-15-11-14(8-10-17-15)21(19,20)18(2)12-13-6-4-5-7-13/h8,10-11,13H,3-7,9,12H2,1-2H3,(H,16,17). The van der Waals surface area contributed by atoms with Crippen molar-refractivity contribution in [2.24, 2.45) is 5.92 Å². The zero-order chi connectivity index (χ0) is 15.3. The van der Waals surface area contributed by atoms with Crippen LogP contribution in [-0.4, -0.2) is 37.8 Å². The van der Waals surface area contributed by atoms with Crippen molar-refractivity contribution in [2.75, 3.05) is 25.5 Å². The summed E-state index contributed by atoms with van der Waals surface area (Å²) >= 11 is 0. The fourth-order valence-corrected chi connectivity index (χ4v) is 4.02. The molecule has 0 aliphatic heterocycles. The summed E-state index contributed by atoms with van der Waals surface area (Å²) in [7, 11) is -1.75. The highest BCUT2D eigenvalue weighted by atomic mass is 32.2. The Morgan fingerprint density at radius 1 is 1.38 bits per heavy atom. The van der Waals surface area contributed by atoms with Gasteiger partial charge >= 0.3 is 0 Å². The Balaban J connectivity index is 2.10. The summed E-state index contributed by atoms with van der Waals surface area (Å²) in [4.78, 5) is 4.48. The van der Waals surface area contributed by atoms with E-state index in [-0.39, 0.29) is 0 Å². The number of pyridine rings is 1. The first kappa shape index (κ1) is 16.2. The Labute approximate surface area is 127 Å². The van der Waals surface area contributed by atoms with Crippen LogP contribution in [-0.2, 0) is 10.0 Å². The summed E-state index contributed by atoms with van der Waals surface area (Å²) in [6.07, 6.45) is 7.24. The third-order valence-corrected chi connectivity index (χ3v) is 5.81. The summed E-state index contributed by atoms with van der Waals surface area (Å²) in [5.41, 5.74) is 0. The van der Waals surface area contributed by atoms with Crippen molar-refractivity contribution in [3.05, 3.63) is 18.3 Å². The maximum absolute atomic E-state index is 12.6. The Morgan fingerprint density at radius 2 is 2.10 bits per heavy atom. The van der Waals surface area contributed by atoms with E-state index in [0.717, 1.165) is 25.8 Å². The number of hydrogen-bond acceptors (Lipinski definition) is 4. The van der Waals surface area contributed by atoms with Gasteiger partial charge in [0.2, 0.25) is 10.0 Å². The molecular formula is C15H25N3O2S. The number of nitrogens with one attached hydrogen (secondary N) is 1. The first-order valence-corrected chi connectivity index (χ1v) is 9.14. The van der Waals surface area contributed by atoms with Crippen LogP contribution in [0.1, 0.15) is 39.0 Å². The van der Waals surface area contributed by atoms with E-state index in [4.69, 9.17) is 0 Å². The first-order chi connectivity index (χ1) is 10.0. The van der Waals surface area contributed by atoms with Crippen LogP contribution in [0, 0.1) is 5.92 Å². The molecule has 21 heavy (non-hydrogen) atoms. The lowest BCUT2D eigenvalue weighted by Crippen LogP contribution is -2.31. The fraction of sp³-hybridized carbons (Fsp3) is 0.667. The first-order valence-electron chi connectivity index (χ1n) is 7.70. The summed E-state index contributed by atoms with van der Waals surface area (Å²) < 4.78 is 26.7.